The minimum atomic E-state index is -2.20. The van der Waals surface area contributed by atoms with Gasteiger partial charge in [-0.1, -0.05) is 0 Å². The van der Waals surface area contributed by atoms with Gasteiger partial charge in [0.2, 0.25) is 0 Å². The van der Waals surface area contributed by atoms with E-state index in [1.807, 2.05) is 0 Å². The summed E-state index contributed by atoms with van der Waals surface area (Å²) in [5.41, 5.74) is 1.35. The van der Waals surface area contributed by atoms with E-state index in [-0.39, 0.29) is 11.3 Å². The predicted molar refractivity (Wildman–Crippen MR) is 120 cm³/mol. The first-order valence-corrected chi connectivity index (χ1v) is 10.7. The van der Waals surface area contributed by atoms with Gasteiger partial charge in [-0.2, -0.15) is 0 Å². The maximum atomic E-state index is 15.6. The minimum absolute atomic E-state index is 0.106. The molecule has 0 aromatic heterocycles. The van der Waals surface area contributed by atoms with Crippen LogP contribution >= 0.6 is 0 Å². The second kappa shape index (κ2) is 9.34. The molecule has 1 aliphatic rings. The molecule has 0 spiro atoms. The van der Waals surface area contributed by atoms with Crippen LogP contribution in [0.2, 0.25) is 0 Å². The largest absolute Gasteiger partial charge is 0.455 e. The van der Waals surface area contributed by atoms with E-state index in [0.717, 1.165) is 19.1 Å². The number of hydrogen-bond acceptors (Lipinski definition) is 7. The van der Waals surface area contributed by atoms with Gasteiger partial charge >= 0.3 is 18.2 Å². The third-order valence-electron chi connectivity index (χ3n) is 4.73. The lowest BCUT2D eigenvalue weighted by Gasteiger charge is -2.41. The first-order valence-electron chi connectivity index (χ1n) is 10.7. The number of benzene rings is 1. The summed E-state index contributed by atoms with van der Waals surface area (Å²) in [6.45, 7) is 11.5. The van der Waals surface area contributed by atoms with Crippen molar-refractivity contribution < 1.29 is 37.0 Å². The summed E-state index contributed by atoms with van der Waals surface area (Å²) in [6.07, 6.45) is -8.47. The van der Waals surface area contributed by atoms with Crippen LogP contribution in [0, 0.1) is 5.82 Å². The van der Waals surface area contributed by atoms with Gasteiger partial charge in [0.05, 0.1) is 0 Å². The molecule has 1 aromatic rings. The van der Waals surface area contributed by atoms with Gasteiger partial charge in [0.15, 0.2) is 12.3 Å². The van der Waals surface area contributed by atoms with Crippen molar-refractivity contribution in [2.45, 2.75) is 90.6 Å². The van der Waals surface area contributed by atoms with E-state index in [1.54, 1.807) is 41.5 Å². The fourth-order valence-corrected chi connectivity index (χ4v) is 3.20. The molecular weight excluding hydrogens is 455 g/mol. The molecule has 1 heterocycles. The summed E-state index contributed by atoms with van der Waals surface area (Å²) < 4.78 is 60.7. The monoisotopic (exact) mass is 487 g/mol. The number of carbonyl (C=O) groups excluding carboxylic acids is 2. The second-order valence-corrected chi connectivity index (χ2v) is 10.2. The summed E-state index contributed by atoms with van der Waals surface area (Å²) in [5, 5.41) is 0. The summed E-state index contributed by atoms with van der Waals surface area (Å²) in [7, 11) is 0. The van der Waals surface area contributed by atoms with Gasteiger partial charge in [-0.05, 0) is 73.6 Å². The van der Waals surface area contributed by atoms with E-state index in [2.05, 4.69) is 4.99 Å². The number of alkyl halides is 2. The van der Waals surface area contributed by atoms with Gasteiger partial charge in [-0.25, -0.2) is 27.8 Å². The highest BCUT2D eigenvalue weighted by Crippen LogP contribution is 2.41. The van der Waals surface area contributed by atoms with Crippen molar-refractivity contribution in [3.05, 3.63) is 29.6 Å². The molecular formula is C23H32F3N3O5. The number of imide groups is 1. The van der Waals surface area contributed by atoms with Crippen LogP contribution in [0.25, 0.3) is 0 Å². The van der Waals surface area contributed by atoms with Gasteiger partial charge in [-0.15, -0.1) is 4.90 Å². The number of nitrogens with zero attached hydrogens (tertiary/aromatic N) is 2. The van der Waals surface area contributed by atoms with Gasteiger partial charge < -0.3 is 19.9 Å². The number of nitrogen functional groups attached to an aromatic ring is 1. The van der Waals surface area contributed by atoms with Crippen LogP contribution in [-0.2, 0) is 19.7 Å². The molecule has 1 aliphatic heterocycles. The zero-order valence-corrected chi connectivity index (χ0v) is 20.6. The van der Waals surface area contributed by atoms with E-state index in [4.69, 9.17) is 19.9 Å². The Balaban J connectivity index is 2.73. The number of nitrogens with two attached hydrogens (primary N) is 1. The molecule has 0 radical (unpaired) electrons. The Morgan fingerprint density at radius 2 is 1.65 bits per heavy atom. The van der Waals surface area contributed by atoms with Crippen molar-refractivity contribution in [3.63, 3.8) is 0 Å². The number of anilines is 1. The number of halogens is 3. The Hall–Kier alpha value is -2.98. The standard InChI is InChI=1S/C23H32F3N3O5/c1-12(24)16-17(26)23(8,14-11-13(27)9-10-15(14)25)28-18(32-16)29(19(30)33-21(2,3)4)20(31)34-22(5,6)7/h9-12,16-17H,27H2,1-8H3/t12-,16+,17-,23+/m0/s1. The maximum absolute atomic E-state index is 15.6. The Kier molecular flexibility index (Phi) is 7.49. The van der Waals surface area contributed by atoms with Crippen LogP contribution < -0.4 is 5.73 Å². The number of rotatable bonds is 2. The first-order chi connectivity index (χ1) is 15.4. The smallest absolute Gasteiger partial charge is 0.428 e. The van der Waals surface area contributed by atoms with Gasteiger partial charge in [0.25, 0.3) is 0 Å². The SMILES string of the molecule is C[C@H](F)[C@H]1OC(N(C(=O)OC(C)(C)C)C(=O)OC(C)(C)C)=N[C@](C)(c2cc(N)ccc2F)[C@H]1F. The topological polar surface area (TPSA) is 103 Å². The molecule has 2 rings (SSSR count). The summed E-state index contributed by atoms with van der Waals surface area (Å²) >= 11 is 0. The Morgan fingerprint density at radius 1 is 1.15 bits per heavy atom. The van der Waals surface area contributed by atoms with E-state index >= 15 is 4.39 Å². The summed E-state index contributed by atoms with van der Waals surface area (Å²) in [6, 6.07) is 2.64. The fraction of sp³-hybridized carbons (Fsp3) is 0.609. The second-order valence-electron chi connectivity index (χ2n) is 10.2. The Labute approximate surface area is 197 Å². The normalized spacial score (nSPS) is 23.9. The molecule has 0 saturated carbocycles. The zero-order valence-electron chi connectivity index (χ0n) is 20.6. The van der Waals surface area contributed by atoms with E-state index in [1.165, 1.54) is 13.0 Å². The van der Waals surface area contributed by atoms with Crippen LogP contribution in [-0.4, -0.2) is 52.8 Å². The summed E-state index contributed by atoms with van der Waals surface area (Å²) in [4.78, 5) is 30.3. The number of hydrogen-bond donors (Lipinski definition) is 1. The van der Waals surface area contributed by atoms with Crippen LogP contribution in [0.5, 0.6) is 0 Å². The van der Waals surface area contributed by atoms with Crippen molar-refractivity contribution in [2.75, 3.05) is 5.73 Å². The third-order valence-corrected chi connectivity index (χ3v) is 4.73. The average molecular weight is 488 g/mol. The Bertz CT molecular complexity index is 944. The predicted octanol–water partition coefficient (Wildman–Crippen LogP) is 5.25. The zero-order chi connectivity index (χ0) is 26.2. The fourth-order valence-electron chi connectivity index (χ4n) is 3.20. The quantitative estimate of drug-likeness (QED) is 0.572. The molecule has 2 amide bonds. The van der Waals surface area contributed by atoms with E-state index < -0.39 is 59.2 Å². The van der Waals surface area contributed by atoms with E-state index in [9.17, 15) is 18.4 Å². The lowest BCUT2D eigenvalue weighted by Crippen LogP contribution is -2.57. The number of aliphatic imine (C=N–C) groups is 1. The molecule has 11 heteroatoms. The van der Waals surface area contributed by atoms with Crippen molar-refractivity contribution in [1.29, 1.82) is 0 Å². The van der Waals surface area contributed by atoms with Crippen LogP contribution in [0.4, 0.5) is 28.4 Å². The molecule has 190 valence electrons. The van der Waals surface area contributed by atoms with Gasteiger partial charge in [-0.3, -0.25) is 0 Å². The summed E-state index contributed by atoms with van der Waals surface area (Å²) in [5.74, 6) is -0.865. The average Bonchev–Trinajstić information content (AvgIpc) is 2.63. The van der Waals surface area contributed by atoms with E-state index in [0.29, 0.717) is 4.90 Å². The number of ether oxygens (including phenoxy) is 3. The molecule has 2 N–H and O–H groups in total. The van der Waals surface area contributed by atoms with Crippen molar-refractivity contribution in [3.8, 4) is 0 Å². The van der Waals surface area contributed by atoms with Crippen molar-refractivity contribution in [2.24, 2.45) is 4.99 Å². The third kappa shape index (κ3) is 6.12. The maximum Gasteiger partial charge on any atom is 0.428 e. The number of carbonyl (C=O) groups is 2. The molecule has 1 aromatic carbocycles. The number of amidine groups is 1. The first kappa shape index (κ1) is 27.3. The molecule has 0 bridgehead atoms. The highest BCUT2D eigenvalue weighted by molar-refractivity contribution is 6.06. The highest BCUT2D eigenvalue weighted by Gasteiger charge is 2.53. The Morgan fingerprint density at radius 3 is 2.09 bits per heavy atom. The highest BCUT2D eigenvalue weighted by atomic mass is 19.1. The van der Waals surface area contributed by atoms with Crippen LogP contribution in [0.3, 0.4) is 0 Å². The molecule has 0 saturated heterocycles. The van der Waals surface area contributed by atoms with Crippen LogP contribution in [0.1, 0.15) is 61.0 Å². The number of amides is 2. The molecule has 8 nitrogen and oxygen atoms in total. The molecule has 0 fully saturated rings. The lowest BCUT2D eigenvalue weighted by molar-refractivity contribution is -0.0400. The molecule has 0 unspecified atom stereocenters. The van der Waals surface area contributed by atoms with Crippen molar-refractivity contribution in [1.82, 2.24) is 4.90 Å². The van der Waals surface area contributed by atoms with Gasteiger partial charge in [0.1, 0.15) is 28.7 Å². The molecule has 0 aliphatic carbocycles. The minimum Gasteiger partial charge on any atom is -0.455 e. The molecule has 4 atom stereocenters. The lowest BCUT2D eigenvalue weighted by atomic mass is 9.83. The van der Waals surface area contributed by atoms with Crippen molar-refractivity contribution >= 4 is 23.9 Å². The molecule has 34 heavy (non-hydrogen) atoms. The van der Waals surface area contributed by atoms with Gasteiger partial charge in [0, 0.05) is 11.3 Å². The van der Waals surface area contributed by atoms with Crippen LogP contribution in [0.15, 0.2) is 23.2 Å².